The third kappa shape index (κ3) is 3.54. The first-order chi connectivity index (χ1) is 6.36. The Bertz CT molecular complexity index is 305. The summed E-state index contributed by atoms with van der Waals surface area (Å²) >= 11 is 4.00. The summed E-state index contributed by atoms with van der Waals surface area (Å²) in [5.41, 5.74) is 2.13. The molecule has 13 heavy (non-hydrogen) atoms. The van der Waals surface area contributed by atoms with Gasteiger partial charge in [0.05, 0.1) is 5.75 Å². The number of rotatable bonds is 2. The molecule has 0 fully saturated rings. The fourth-order valence-corrected chi connectivity index (χ4v) is 1.10. The molecule has 0 radical (unpaired) electrons. The van der Waals surface area contributed by atoms with Gasteiger partial charge in [0.25, 0.3) is 0 Å². The lowest BCUT2D eigenvalue weighted by atomic mass is 10.1. The van der Waals surface area contributed by atoms with E-state index in [0.29, 0.717) is 12.2 Å². The van der Waals surface area contributed by atoms with Gasteiger partial charge in [-0.3, -0.25) is 0 Å². The summed E-state index contributed by atoms with van der Waals surface area (Å²) in [6.45, 7) is 0.196. The van der Waals surface area contributed by atoms with Crippen LogP contribution >= 0.6 is 12.6 Å². The van der Waals surface area contributed by atoms with Crippen molar-refractivity contribution in [1.29, 1.82) is 0 Å². The van der Waals surface area contributed by atoms with Gasteiger partial charge in [0.2, 0.25) is 0 Å². The third-order valence-electron chi connectivity index (χ3n) is 1.67. The molecular weight excluding hydrogens is 180 g/mol. The number of benzene rings is 1. The van der Waals surface area contributed by atoms with Gasteiger partial charge >= 0.3 is 0 Å². The van der Waals surface area contributed by atoms with Gasteiger partial charge in [-0.25, -0.2) is 0 Å². The summed E-state index contributed by atoms with van der Waals surface area (Å²) in [5, 5.41) is 8.69. The fourth-order valence-electron chi connectivity index (χ4n) is 1.03. The molecule has 1 aromatic rings. The van der Waals surface area contributed by atoms with Crippen molar-refractivity contribution in [3.8, 4) is 11.8 Å². The highest BCUT2D eigenvalue weighted by molar-refractivity contribution is 7.80. The van der Waals surface area contributed by atoms with E-state index in [1.54, 1.807) is 0 Å². The summed E-state index contributed by atoms with van der Waals surface area (Å²) in [5.74, 6) is 6.44. The largest absolute Gasteiger partial charge is 0.396 e. The van der Waals surface area contributed by atoms with Gasteiger partial charge < -0.3 is 5.11 Å². The second kappa shape index (κ2) is 5.69. The smallest absolute Gasteiger partial charge is 0.0521 e. The van der Waals surface area contributed by atoms with Gasteiger partial charge in [-0.2, -0.15) is 12.6 Å². The van der Waals surface area contributed by atoms with E-state index in [4.69, 9.17) is 5.11 Å². The molecule has 1 N–H and O–H groups in total. The Hall–Kier alpha value is -0.910. The molecule has 0 spiro atoms. The second-order valence-corrected chi connectivity index (χ2v) is 2.95. The Labute approximate surface area is 84.2 Å². The molecule has 1 aromatic carbocycles. The first kappa shape index (κ1) is 10.2. The Balaban J connectivity index is 2.69. The van der Waals surface area contributed by atoms with Crippen LogP contribution in [0.25, 0.3) is 0 Å². The highest BCUT2D eigenvalue weighted by Gasteiger charge is 1.90. The molecule has 0 amide bonds. The molecule has 0 bridgehead atoms. The molecule has 0 aliphatic heterocycles. The van der Waals surface area contributed by atoms with E-state index in [-0.39, 0.29) is 6.61 Å². The number of thiol groups is 1. The Morgan fingerprint density at radius 1 is 1.23 bits per heavy atom. The van der Waals surface area contributed by atoms with Crippen molar-refractivity contribution in [3.05, 3.63) is 35.4 Å². The molecule has 0 saturated carbocycles. The summed E-state index contributed by atoms with van der Waals surface area (Å²) in [6.07, 6.45) is 0.709. The van der Waals surface area contributed by atoms with Crippen LogP contribution in [0.1, 0.15) is 11.1 Å². The van der Waals surface area contributed by atoms with Crippen molar-refractivity contribution in [2.45, 2.75) is 6.42 Å². The van der Waals surface area contributed by atoms with Crippen LogP contribution in [-0.2, 0) is 6.42 Å². The molecule has 0 atom stereocenters. The first-order valence-electron chi connectivity index (χ1n) is 4.16. The van der Waals surface area contributed by atoms with Gasteiger partial charge in [-0.1, -0.05) is 24.0 Å². The third-order valence-corrected chi connectivity index (χ3v) is 1.82. The molecule has 0 saturated heterocycles. The molecule has 0 heterocycles. The quantitative estimate of drug-likeness (QED) is 0.537. The molecule has 2 heteroatoms. The lowest BCUT2D eigenvalue weighted by molar-refractivity contribution is 0.299. The van der Waals surface area contributed by atoms with Gasteiger partial charge in [0.1, 0.15) is 0 Å². The van der Waals surface area contributed by atoms with E-state index in [0.717, 1.165) is 11.1 Å². The second-order valence-electron chi connectivity index (χ2n) is 2.63. The van der Waals surface area contributed by atoms with E-state index >= 15 is 0 Å². The van der Waals surface area contributed by atoms with E-state index in [2.05, 4.69) is 24.5 Å². The van der Waals surface area contributed by atoms with E-state index in [1.807, 2.05) is 24.3 Å². The van der Waals surface area contributed by atoms with E-state index in [1.165, 1.54) is 0 Å². The van der Waals surface area contributed by atoms with Crippen LogP contribution in [0, 0.1) is 11.8 Å². The fraction of sp³-hybridized carbons (Fsp3) is 0.273. The molecule has 1 rings (SSSR count). The lowest BCUT2D eigenvalue weighted by Crippen LogP contribution is -1.89. The zero-order valence-electron chi connectivity index (χ0n) is 7.33. The topological polar surface area (TPSA) is 20.2 Å². The van der Waals surface area contributed by atoms with Crippen molar-refractivity contribution in [2.75, 3.05) is 12.4 Å². The van der Waals surface area contributed by atoms with Crippen LogP contribution in [0.4, 0.5) is 0 Å². The van der Waals surface area contributed by atoms with E-state index in [9.17, 15) is 0 Å². The van der Waals surface area contributed by atoms with Gasteiger partial charge in [0.15, 0.2) is 0 Å². The summed E-state index contributed by atoms with van der Waals surface area (Å²) in [7, 11) is 0. The van der Waals surface area contributed by atoms with Crippen LogP contribution in [0.2, 0.25) is 0 Å². The maximum Gasteiger partial charge on any atom is 0.0521 e. The van der Waals surface area contributed by atoms with Crippen molar-refractivity contribution in [2.24, 2.45) is 0 Å². The van der Waals surface area contributed by atoms with E-state index < -0.39 is 0 Å². The number of aliphatic hydroxyl groups excluding tert-OH is 1. The van der Waals surface area contributed by atoms with Gasteiger partial charge in [-0.05, 0) is 24.1 Å². The summed E-state index contributed by atoms with van der Waals surface area (Å²) < 4.78 is 0. The Kier molecular flexibility index (Phi) is 4.45. The predicted octanol–water partition coefficient (Wildman–Crippen LogP) is 1.50. The summed E-state index contributed by atoms with van der Waals surface area (Å²) in [4.78, 5) is 0. The maximum atomic E-state index is 8.69. The molecule has 68 valence electrons. The zero-order chi connectivity index (χ0) is 9.52. The molecule has 1 nitrogen and oxygen atoms in total. The molecule has 0 unspecified atom stereocenters. The highest BCUT2D eigenvalue weighted by atomic mass is 32.1. The maximum absolute atomic E-state index is 8.69. The number of hydrogen-bond acceptors (Lipinski definition) is 2. The monoisotopic (exact) mass is 192 g/mol. The SMILES string of the molecule is OCCc1ccc(C#CCS)cc1. The summed E-state index contributed by atoms with van der Waals surface area (Å²) in [6, 6.07) is 7.89. The van der Waals surface area contributed by atoms with Crippen LogP contribution in [-0.4, -0.2) is 17.5 Å². The minimum absolute atomic E-state index is 0.196. The lowest BCUT2D eigenvalue weighted by Gasteiger charge is -1.96. The standard InChI is InChI=1S/C11H12OS/c12-8-7-11-5-3-10(4-6-11)2-1-9-13/h3-6,12-13H,7-9H2. The number of hydrogen-bond donors (Lipinski definition) is 2. The molecule has 0 aromatic heterocycles. The average Bonchev–Trinajstić information content (AvgIpc) is 2.17. The van der Waals surface area contributed by atoms with Crippen LogP contribution in [0.15, 0.2) is 24.3 Å². The average molecular weight is 192 g/mol. The van der Waals surface area contributed by atoms with Gasteiger partial charge in [-0.15, -0.1) is 0 Å². The van der Waals surface area contributed by atoms with Crippen molar-refractivity contribution < 1.29 is 5.11 Å². The Morgan fingerprint density at radius 2 is 1.92 bits per heavy atom. The Morgan fingerprint density at radius 3 is 2.46 bits per heavy atom. The molecular formula is C11H12OS. The molecule has 0 aliphatic carbocycles. The number of aliphatic hydroxyl groups is 1. The molecule has 0 aliphatic rings. The van der Waals surface area contributed by atoms with Crippen LogP contribution in [0.5, 0.6) is 0 Å². The first-order valence-corrected chi connectivity index (χ1v) is 4.79. The van der Waals surface area contributed by atoms with Crippen molar-refractivity contribution in [3.63, 3.8) is 0 Å². The van der Waals surface area contributed by atoms with Crippen LogP contribution in [0.3, 0.4) is 0 Å². The minimum atomic E-state index is 0.196. The predicted molar refractivity (Wildman–Crippen MR) is 58.0 cm³/mol. The normalized spacial score (nSPS) is 9.08. The van der Waals surface area contributed by atoms with Crippen molar-refractivity contribution >= 4 is 12.6 Å². The highest BCUT2D eigenvalue weighted by Crippen LogP contribution is 2.03. The van der Waals surface area contributed by atoms with Crippen molar-refractivity contribution in [1.82, 2.24) is 0 Å². The minimum Gasteiger partial charge on any atom is -0.396 e. The zero-order valence-corrected chi connectivity index (χ0v) is 8.22. The van der Waals surface area contributed by atoms with Crippen LogP contribution < -0.4 is 0 Å². The van der Waals surface area contributed by atoms with Gasteiger partial charge in [0, 0.05) is 12.2 Å².